The lowest BCUT2D eigenvalue weighted by molar-refractivity contribution is 0.215. The fourth-order valence-electron chi connectivity index (χ4n) is 2.62. The molecule has 0 bridgehead atoms. The van der Waals surface area contributed by atoms with Crippen LogP contribution < -0.4 is 0 Å². The third-order valence-electron chi connectivity index (χ3n) is 3.84. The maximum Gasteiger partial charge on any atom is 0.274 e. The first-order valence-electron chi connectivity index (χ1n) is 6.99. The summed E-state index contributed by atoms with van der Waals surface area (Å²) in [7, 11) is 4.19. The molecule has 110 valence electrons. The molecule has 1 atom stereocenters. The quantitative estimate of drug-likeness (QED) is 0.894. The number of likely N-dealkylation sites (N-methyl/N-ethyl adjacent to an activating group) is 2. The van der Waals surface area contributed by atoms with Crippen molar-refractivity contribution in [2.45, 2.75) is 12.5 Å². The molecule has 0 saturated carbocycles. The molecule has 2 aromatic heterocycles. The van der Waals surface area contributed by atoms with Gasteiger partial charge in [0.1, 0.15) is 17.5 Å². The molecular formula is C14H18N6O. The lowest BCUT2D eigenvalue weighted by atomic mass is 10.2. The molecule has 1 aliphatic heterocycles. The van der Waals surface area contributed by atoms with Crippen molar-refractivity contribution in [3.63, 3.8) is 0 Å². The van der Waals surface area contributed by atoms with E-state index in [9.17, 15) is 0 Å². The monoisotopic (exact) mass is 286 g/mol. The van der Waals surface area contributed by atoms with Gasteiger partial charge in [0, 0.05) is 6.54 Å². The molecule has 3 rings (SSSR count). The normalized spacial score (nSPS) is 21.1. The molecule has 1 aliphatic rings. The Morgan fingerprint density at radius 1 is 1.38 bits per heavy atom. The SMILES string of the molecule is CN1CCCN(C)C(c2noc(-c3ccc(C#N)[nH]3)n2)C1. The number of nitrogens with one attached hydrogen (secondary N) is 1. The summed E-state index contributed by atoms with van der Waals surface area (Å²) >= 11 is 0. The molecule has 0 amide bonds. The molecule has 0 aliphatic carbocycles. The van der Waals surface area contributed by atoms with Crippen LogP contribution in [-0.2, 0) is 0 Å². The van der Waals surface area contributed by atoms with Gasteiger partial charge in [0.05, 0.1) is 6.04 Å². The van der Waals surface area contributed by atoms with Crippen LogP contribution in [0.2, 0.25) is 0 Å². The average Bonchev–Trinajstić information content (AvgIpc) is 3.10. The Kier molecular flexibility index (Phi) is 3.73. The van der Waals surface area contributed by atoms with Crippen molar-refractivity contribution < 1.29 is 4.52 Å². The minimum Gasteiger partial charge on any atom is -0.342 e. The summed E-state index contributed by atoms with van der Waals surface area (Å²) in [6, 6.07) is 5.65. The highest BCUT2D eigenvalue weighted by Gasteiger charge is 2.26. The number of aromatic nitrogens is 3. The summed E-state index contributed by atoms with van der Waals surface area (Å²) in [5.74, 6) is 1.11. The smallest absolute Gasteiger partial charge is 0.274 e. The van der Waals surface area contributed by atoms with Gasteiger partial charge in [-0.2, -0.15) is 10.2 Å². The Balaban J connectivity index is 1.85. The van der Waals surface area contributed by atoms with E-state index in [4.69, 9.17) is 9.78 Å². The van der Waals surface area contributed by atoms with Crippen molar-refractivity contribution in [2.75, 3.05) is 33.7 Å². The van der Waals surface area contributed by atoms with Gasteiger partial charge in [-0.1, -0.05) is 5.16 Å². The van der Waals surface area contributed by atoms with Gasteiger partial charge >= 0.3 is 0 Å². The first kappa shape index (κ1) is 13.8. The van der Waals surface area contributed by atoms with E-state index >= 15 is 0 Å². The van der Waals surface area contributed by atoms with Gasteiger partial charge in [-0.15, -0.1) is 0 Å². The van der Waals surface area contributed by atoms with Crippen molar-refractivity contribution >= 4 is 0 Å². The maximum atomic E-state index is 8.84. The van der Waals surface area contributed by atoms with Gasteiger partial charge < -0.3 is 14.4 Å². The van der Waals surface area contributed by atoms with Crippen molar-refractivity contribution in [3.8, 4) is 17.7 Å². The van der Waals surface area contributed by atoms with Crippen LogP contribution in [-0.4, -0.2) is 58.7 Å². The molecule has 1 unspecified atom stereocenters. The van der Waals surface area contributed by atoms with Crippen molar-refractivity contribution in [2.24, 2.45) is 0 Å². The fraction of sp³-hybridized carbons (Fsp3) is 0.500. The standard InChI is InChI=1S/C14H18N6O/c1-19-6-3-7-20(2)12(9-19)13-17-14(21-18-13)11-5-4-10(8-15)16-11/h4-5,12,16H,3,6-7,9H2,1-2H3. The van der Waals surface area contributed by atoms with Crippen molar-refractivity contribution in [3.05, 3.63) is 23.7 Å². The van der Waals surface area contributed by atoms with Crippen LogP contribution >= 0.6 is 0 Å². The summed E-state index contributed by atoms with van der Waals surface area (Å²) in [5.41, 5.74) is 1.16. The molecule has 7 heteroatoms. The molecule has 0 spiro atoms. The molecule has 7 nitrogen and oxygen atoms in total. The van der Waals surface area contributed by atoms with Crippen LogP contribution in [0.1, 0.15) is 24.0 Å². The number of nitrogens with zero attached hydrogens (tertiary/aromatic N) is 5. The van der Waals surface area contributed by atoms with Crippen LogP contribution in [0.25, 0.3) is 11.6 Å². The number of hydrogen-bond acceptors (Lipinski definition) is 6. The predicted octanol–water partition coefficient (Wildman–Crippen LogP) is 1.24. The maximum absolute atomic E-state index is 8.84. The van der Waals surface area contributed by atoms with Crippen LogP contribution in [0.4, 0.5) is 0 Å². The van der Waals surface area contributed by atoms with E-state index < -0.39 is 0 Å². The third kappa shape index (κ3) is 2.82. The third-order valence-corrected chi connectivity index (χ3v) is 3.84. The van der Waals surface area contributed by atoms with Crippen LogP contribution in [0.3, 0.4) is 0 Å². The van der Waals surface area contributed by atoms with E-state index in [1.54, 1.807) is 12.1 Å². The first-order valence-corrected chi connectivity index (χ1v) is 6.99. The number of H-pyrrole nitrogens is 1. The number of rotatable bonds is 2. The van der Waals surface area contributed by atoms with Gasteiger partial charge in [-0.25, -0.2) is 0 Å². The molecule has 1 fully saturated rings. The van der Waals surface area contributed by atoms with E-state index in [2.05, 4.69) is 39.0 Å². The Morgan fingerprint density at radius 3 is 3.00 bits per heavy atom. The summed E-state index contributed by atoms with van der Waals surface area (Å²) in [6.45, 7) is 2.97. The largest absolute Gasteiger partial charge is 0.342 e. The molecule has 1 saturated heterocycles. The van der Waals surface area contributed by atoms with Crippen LogP contribution in [0.5, 0.6) is 0 Å². The van der Waals surface area contributed by atoms with E-state index in [1.165, 1.54) is 0 Å². The van der Waals surface area contributed by atoms with Gasteiger partial charge in [0.25, 0.3) is 5.89 Å². The average molecular weight is 286 g/mol. The molecule has 21 heavy (non-hydrogen) atoms. The van der Waals surface area contributed by atoms with E-state index in [0.29, 0.717) is 23.1 Å². The zero-order valence-electron chi connectivity index (χ0n) is 12.2. The second-order valence-corrected chi connectivity index (χ2v) is 5.47. The van der Waals surface area contributed by atoms with Crippen LogP contribution in [0, 0.1) is 11.3 Å². The number of aromatic amines is 1. The highest BCUT2D eigenvalue weighted by molar-refractivity contribution is 5.49. The summed E-state index contributed by atoms with van der Waals surface area (Å²) in [4.78, 5) is 12.0. The van der Waals surface area contributed by atoms with Crippen molar-refractivity contribution in [1.29, 1.82) is 5.26 Å². The second-order valence-electron chi connectivity index (χ2n) is 5.47. The molecular weight excluding hydrogens is 268 g/mol. The Bertz CT molecular complexity index is 654. The molecule has 3 heterocycles. The van der Waals surface area contributed by atoms with E-state index in [-0.39, 0.29) is 6.04 Å². The minimum absolute atomic E-state index is 0.125. The number of nitriles is 1. The predicted molar refractivity (Wildman–Crippen MR) is 76.3 cm³/mol. The van der Waals surface area contributed by atoms with Crippen LogP contribution in [0.15, 0.2) is 16.7 Å². The zero-order chi connectivity index (χ0) is 14.8. The summed E-state index contributed by atoms with van der Waals surface area (Å²) in [5, 5.41) is 13.0. The number of hydrogen-bond donors (Lipinski definition) is 1. The van der Waals surface area contributed by atoms with E-state index in [1.807, 2.05) is 6.07 Å². The van der Waals surface area contributed by atoms with Gasteiger partial charge in [-0.05, 0) is 45.7 Å². The Labute approximate surface area is 123 Å². The topological polar surface area (TPSA) is 85.0 Å². The zero-order valence-corrected chi connectivity index (χ0v) is 12.2. The minimum atomic E-state index is 0.125. The molecule has 2 aromatic rings. The molecule has 1 N–H and O–H groups in total. The molecule has 0 radical (unpaired) electrons. The van der Waals surface area contributed by atoms with Gasteiger partial charge in [-0.3, -0.25) is 4.90 Å². The highest BCUT2D eigenvalue weighted by atomic mass is 16.5. The Morgan fingerprint density at radius 2 is 2.24 bits per heavy atom. The first-order chi connectivity index (χ1) is 10.2. The highest BCUT2D eigenvalue weighted by Crippen LogP contribution is 2.23. The van der Waals surface area contributed by atoms with Gasteiger partial charge in [0.2, 0.25) is 0 Å². The van der Waals surface area contributed by atoms with Gasteiger partial charge in [0.15, 0.2) is 5.82 Å². The van der Waals surface area contributed by atoms with E-state index in [0.717, 1.165) is 26.1 Å². The second kappa shape index (κ2) is 5.68. The lowest BCUT2D eigenvalue weighted by Gasteiger charge is -2.24. The summed E-state index contributed by atoms with van der Waals surface area (Å²) < 4.78 is 5.34. The molecule has 0 aromatic carbocycles. The Hall–Kier alpha value is -2.17. The lowest BCUT2D eigenvalue weighted by Crippen LogP contribution is -2.31. The fourth-order valence-corrected chi connectivity index (χ4v) is 2.62. The van der Waals surface area contributed by atoms with Crippen molar-refractivity contribution in [1.82, 2.24) is 24.9 Å². The summed E-state index contributed by atoms with van der Waals surface area (Å²) in [6.07, 6.45) is 1.14.